The van der Waals surface area contributed by atoms with Gasteiger partial charge in [0, 0.05) is 19.0 Å². The van der Waals surface area contributed by atoms with Gasteiger partial charge in [0.1, 0.15) is 23.4 Å². The molecular weight excluding hydrogens is 506 g/mol. The highest BCUT2D eigenvalue weighted by Gasteiger charge is 2.37. The molecule has 2 aromatic rings. The second kappa shape index (κ2) is 13.7. The zero-order valence-electron chi connectivity index (χ0n) is 24.8. The Labute approximate surface area is 238 Å². The SMILES string of the molecule is CCN(C(=O)C(Cc1ccc(O)cc1)NC(=O)OC(C)(C)C)C(C(=O)NC1CCCCC1)c1cc(C)ccc1C. The van der Waals surface area contributed by atoms with Gasteiger partial charge >= 0.3 is 6.09 Å². The number of phenols is 1. The van der Waals surface area contributed by atoms with E-state index in [0.717, 1.165) is 47.9 Å². The Morgan fingerprint density at radius 1 is 1.02 bits per heavy atom. The van der Waals surface area contributed by atoms with E-state index >= 15 is 0 Å². The van der Waals surface area contributed by atoms with Gasteiger partial charge in [0.05, 0.1) is 0 Å². The van der Waals surface area contributed by atoms with Gasteiger partial charge in [-0.25, -0.2) is 4.79 Å². The molecule has 8 nitrogen and oxygen atoms in total. The zero-order chi connectivity index (χ0) is 29.4. The van der Waals surface area contributed by atoms with Crippen molar-refractivity contribution in [3.8, 4) is 5.75 Å². The molecule has 0 bridgehead atoms. The van der Waals surface area contributed by atoms with Gasteiger partial charge in [-0.15, -0.1) is 0 Å². The van der Waals surface area contributed by atoms with Gasteiger partial charge in [-0.2, -0.15) is 0 Å². The maximum absolute atomic E-state index is 14.3. The van der Waals surface area contributed by atoms with Crippen LogP contribution in [0, 0.1) is 13.8 Å². The zero-order valence-corrected chi connectivity index (χ0v) is 24.8. The summed E-state index contributed by atoms with van der Waals surface area (Å²) in [4.78, 5) is 42.6. The van der Waals surface area contributed by atoms with Crippen molar-refractivity contribution in [2.45, 2.75) is 104 Å². The van der Waals surface area contributed by atoms with Gasteiger partial charge in [-0.3, -0.25) is 9.59 Å². The van der Waals surface area contributed by atoms with Crippen LogP contribution in [-0.4, -0.2) is 52.1 Å². The molecule has 3 amide bonds. The number of aryl methyl sites for hydroxylation is 2. The number of likely N-dealkylation sites (N-methyl/N-ethyl adjacent to an activating group) is 1. The molecule has 1 saturated carbocycles. The fourth-order valence-corrected chi connectivity index (χ4v) is 5.22. The number of rotatable bonds is 9. The van der Waals surface area contributed by atoms with E-state index in [9.17, 15) is 19.5 Å². The van der Waals surface area contributed by atoms with Gasteiger partial charge in [-0.1, -0.05) is 55.2 Å². The molecule has 2 aromatic carbocycles. The highest BCUT2D eigenvalue weighted by Crippen LogP contribution is 2.28. The number of carbonyl (C=O) groups is 3. The highest BCUT2D eigenvalue weighted by atomic mass is 16.6. The van der Waals surface area contributed by atoms with Crippen LogP contribution in [0.1, 0.15) is 88.1 Å². The van der Waals surface area contributed by atoms with Gasteiger partial charge in [-0.05, 0) is 83.2 Å². The number of benzene rings is 2. The van der Waals surface area contributed by atoms with Crippen molar-refractivity contribution in [3.63, 3.8) is 0 Å². The topological polar surface area (TPSA) is 108 Å². The van der Waals surface area contributed by atoms with E-state index in [0.29, 0.717) is 0 Å². The predicted molar refractivity (Wildman–Crippen MR) is 156 cm³/mol. The first-order valence-corrected chi connectivity index (χ1v) is 14.3. The van der Waals surface area contributed by atoms with Crippen molar-refractivity contribution >= 4 is 17.9 Å². The molecule has 218 valence electrons. The van der Waals surface area contributed by atoms with Crippen molar-refractivity contribution in [1.82, 2.24) is 15.5 Å². The number of aromatic hydroxyl groups is 1. The Hall–Kier alpha value is -3.55. The third-order valence-electron chi connectivity index (χ3n) is 7.23. The summed E-state index contributed by atoms with van der Waals surface area (Å²) < 4.78 is 5.48. The first-order valence-electron chi connectivity index (χ1n) is 14.3. The Morgan fingerprint density at radius 3 is 2.27 bits per heavy atom. The van der Waals surface area contributed by atoms with Crippen molar-refractivity contribution in [3.05, 3.63) is 64.7 Å². The van der Waals surface area contributed by atoms with Crippen LogP contribution in [0.25, 0.3) is 0 Å². The third-order valence-corrected chi connectivity index (χ3v) is 7.23. The average molecular weight is 552 g/mol. The van der Waals surface area contributed by atoms with E-state index in [2.05, 4.69) is 10.6 Å². The molecule has 0 saturated heterocycles. The number of nitrogens with zero attached hydrogens (tertiary/aromatic N) is 1. The first-order chi connectivity index (χ1) is 18.9. The lowest BCUT2D eigenvalue weighted by Gasteiger charge is -2.35. The number of ether oxygens (including phenoxy) is 1. The number of amides is 3. The van der Waals surface area contributed by atoms with E-state index in [1.54, 1.807) is 49.9 Å². The number of carbonyl (C=O) groups excluding carboxylic acids is 3. The molecule has 0 radical (unpaired) electrons. The van der Waals surface area contributed by atoms with Crippen molar-refractivity contribution in [2.75, 3.05) is 6.54 Å². The van der Waals surface area contributed by atoms with Crippen LogP contribution >= 0.6 is 0 Å². The molecule has 3 rings (SSSR count). The minimum atomic E-state index is -0.991. The van der Waals surface area contributed by atoms with Gasteiger partial charge in [0.2, 0.25) is 11.8 Å². The second-order valence-electron chi connectivity index (χ2n) is 11.8. The minimum Gasteiger partial charge on any atom is -0.508 e. The summed E-state index contributed by atoms with van der Waals surface area (Å²) in [5.74, 6) is -0.487. The molecule has 0 aliphatic heterocycles. The van der Waals surface area contributed by atoms with E-state index < -0.39 is 23.8 Å². The van der Waals surface area contributed by atoms with Crippen LogP contribution in [0.2, 0.25) is 0 Å². The summed E-state index contributed by atoms with van der Waals surface area (Å²) in [5, 5.41) is 15.7. The Morgan fingerprint density at radius 2 is 1.68 bits per heavy atom. The normalized spacial score (nSPS) is 15.6. The summed E-state index contributed by atoms with van der Waals surface area (Å²) in [5.41, 5.74) is 2.67. The fourth-order valence-electron chi connectivity index (χ4n) is 5.22. The lowest BCUT2D eigenvalue weighted by molar-refractivity contribution is -0.142. The van der Waals surface area contributed by atoms with Gasteiger partial charge in [0.15, 0.2) is 0 Å². The maximum Gasteiger partial charge on any atom is 0.408 e. The second-order valence-corrected chi connectivity index (χ2v) is 11.8. The molecule has 2 atom stereocenters. The fraction of sp³-hybridized carbons (Fsp3) is 0.531. The van der Waals surface area contributed by atoms with E-state index in [4.69, 9.17) is 4.74 Å². The molecule has 1 fully saturated rings. The van der Waals surface area contributed by atoms with Crippen molar-refractivity contribution in [1.29, 1.82) is 0 Å². The minimum absolute atomic E-state index is 0.0790. The van der Waals surface area contributed by atoms with Crippen LogP contribution in [0.4, 0.5) is 4.79 Å². The average Bonchev–Trinajstić information content (AvgIpc) is 2.88. The van der Waals surface area contributed by atoms with Crippen molar-refractivity contribution < 1.29 is 24.2 Å². The largest absolute Gasteiger partial charge is 0.508 e. The molecule has 8 heteroatoms. The van der Waals surface area contributed by atoms with E-state index in [-0.39, 0.29) is 36.6 Å². The van der Waals surface area contributed by atoms with Crippen LogP contribution in [0.3, 0.4) is 0 Å². The van der Waals surface area contributed by atoms with Crippen LogP contribution in [0.15, 0.2) is 42.5 Å². The molecule has 40 heavy (non-hydrogen) atoms. The Kier molecular flexibility index (Phi) is 10.6. The monoisotopic (exact) mass is 551 g/mol. The lowest BCUT2D eigenvalue weighted by atomic mass is 9.93. The standard InChI is InChI=1S/C32H45N3O5/c1-7-35(28(26-19-21(2)13-14-22(26)3)29(37)33-24-11-9-8-10-12-24)30(38)27(34-31(39)40-32(4,5)6)20-23-15-17-25(36)18-16-23/h13-19,24,27-28,36H,7-12,20H2,1-6H3,(H,33,37)(H,34,39). The number of nitrogens with one attached hydrogen (secondary N) is 2. The molecular formula is C32H45N3O5. The summed E-state index contributed by atoms with van der Waals surface area (Å²) in [7, 11) is 0. The predicted octanol–water partition coefficient (Wildman–Crippen LogP) is 5.48. The first kappa shape index (κ1) is 31.0. The molecule has 0 aromatic heterocycles. The van der Waals surface area contributed by atoms with Crippen LogP contribution in [-0.2, 0) is 20.7 Å². The summed E-state index contributed by atoms with van der Waals surface area (Å²) in [6, 6.07) is 10.7. The Balaban J connectivity index is 1.99. The van der Waals surface area contributed by atoms with E-state index in [1.165, 1.54) is 6.42 Å². The Bertz CT molecular complexity index is 1170. The van der Waals surface area contributed by atoms with Gasteiger partial charge in [0.25, 0.3) is 0 Å². The lowest BCUT2D eigenvalue weighted by Crippen LogP contribution is -2.54. The molecule has 1 aliphatic carbocycles. The molecule has 0 heterocycles. The number of hydrogen-bond acceptors (Lipinski definition) is 5. The van der Waals surface area contributed by atoms with Gasteiger partial charge < -0.3 is 25.4 Å². The van der Waals surface area contributed by atoms with E-state index in [1.807, 2.05) is 39.0 Å². The van der Waals surface area contributed by atoms with Crippen molar-refractivity contribution in [2.24, 2.45) is 0 Å². The number of phenolic OH excluding ortho intramolecular Hbond substituents is 1. The summed E-state index contributed by atoms with van der Waals surface area (Å²) in [6.45, 7) is 11.3. The highest BCUT2D eigenvalue weighted by molar-refractivity contribution is 5.92. The molecule has 1 aliphatic rings. The van der Waals surface area contributed by atoms with Crippen LogP contribution < -0.4 is 10.6 Å². The molecule has 3 N–H and O–H groups in total. The molecule has 0 spiro atoms. The smallest absolute Gasteiger partial charge is 0.408 e. The number of alkyl carbamates (subject to hydrolysis) is 1. The number of hydrogen-bond donors (Lipinski definition) is 3. The third kappa shape index (κ3) is 8.73. The quantitative estimate of drug-likeness (QED) is 0.382. The maximum atomic E-state index is 14.3. The molecule has 2 unspecified atom stereocenters. The van der Waals surface area contributed by atoms with Crippen LogP contribution in [0.5, 0.6) is 5.75 Å². The summed E-state index contributed by atoms with van der Waals surface area (Å²) in [6.07, 6.45) is 4.62. The summed E-state index contributed by atoms with van der Waals surface area (Å²) >= 11 is 0.